The average Bonchev–Trinajstić information content (AvgIpc) is 2.41. The van der Waals surface area contributed by atoms with Crippen molar-refractivity contribution in [3.63, 3.8) is 0 Å². The van der Waals surface area contributed by atoms with Crippen LogP contribution in [0.15, 0.2) is 28.7 Å². The molecule has 1 aromatic rings. The van der Waals surface area contributed by atoms with Gasteiger partial charge in [0.25, 0.3) is 0 Å². The molecule has 3 atom stereocenters. The van der Waals surface area contributed by atoms with Gasteiger partial charge < -0.3 is 5.32 Å². The summed E-state index contributed by atoms with van der Waals surface area (Å²) >= 11 is 3.56. The zero-order valence-electron chi connectivity index (χ0n) is 9.28. The fourth-order valence-corrected chi connectivity index (χ4v) is 3.98. The highest BCUT2D eigenvalue weighted by Gasteiger charge is 2.22. The first kappa shape index (κ1) is 12.3. The number of hydrogen-bond donors (Lipinski definition) is 1. The van der Waals surface area contributed by atoms with Gasteiger partial charge in [0.2, 0.25) is 0 Å². The standard InChI is InChI=1S/C12H16BrNOS/c1-9-6-7-16(15)8-12(14-9)10-4-2-3-5-11(10)13/h2-5,9,12,14H,6-8H2,1H3. The molecule has 16 heavy (non-hydrogen) atoms. The average molecular weight is 302 g/mol. The number of hydrogen-bond acceptors (Lipinski definition) is 2. The van der Waals surface area contributed by atoms with Crippen molar-refractivity contribution < 1.29 is 4.21 Å². The summed E-state index contributed by atoms with van der Waals surface area (Å²) in [7, 11) is -0.700. The van der Waals surface area contributed by atoms with Gasteiger partial charge in [0, 0.05) is 38.9 Å². The zero-order valence-corrected chi connectivity index (χ0v) is 11.7. The highest BCUT2D eigenvalue weighted by molar-refractivity contribution is 9.10. The fraction of sp³-hybridized carbons (Fsp3) is 0.500. The molecule has 3 unspecified atom stereocenters. The lowest BCUT2D eigenvalue weighted by molar-refractivity contribution is 0.483. The van der Waals surface area contributed by atoms with Gasteiger partial charge in [-0.15, -0.1) is 0 Å². The molecular formula is C12H16BrNOS. The Balaban J connectivity index is 2.25. The molecule has 1 aromatic carbocycles. The van der Waals surface area contributed by atoms with E-state index in [0.717, 1.165) is 16.6 Å². The second-order valence-electron chi connectivity index (χ2n) is 4.24. The minimum absolute atomic E-state index is 0.203. The van der Waals surface area contributed by atoms with Gasteiger partial charge in [0.05, 0.1) is 0 Å². The van der Waals surface area contributed by atoms with Crippen molar-refractivity contribution in [3.05, 3.63) is 34.3 Å². The fourth-order valence-electron chi connectivity index (χ4n) is 1.99. The van der Waals surface area contributed by atoms with E-state index in [1.807, 2.05) is 18.2 Å². The first-order valence-corrected chi connectivity index (χ1v) is 7.80. The van der Waals surface area contributed by atoms with Crippen LogP contribution in [0.2, 0.25) is 0 Å². The van der Waals surface area contributed by atoms with E-state index in [4.69, 9.17) is 0 Å². The van der Waals surface area contributed by atoms with Crippen LogP contribution in [0.5, 0.6) is 0 Å². The van der Waals surface area contributed by atoms with E-state index in [-0.39, 0.29) is 6.04 Å². The minimum atomic E-state index is -0.700. The molecule has 1 N–H and O–H groups in total. The maximum atomic E-state index is 11.8. The molecule has 2 rings (SSSR count). The molecular weight excluding hydrogens is 286 g/mol. The van der Waals surface area contributed by atoms with Gasteiger partial charge in [-0.1, -0.05) is 34.1 Å². The summed E-state index contributed by atoms with van der Waals surface area (Å²) in [5.41, 5.74) is 1.21. The quantitative estimate of drug-likeness (QED) is 0.864. The van der Waals surface area contributed by atoms with Gasteiger partial charge in [-0.2, -0.15) is 0 Å². The van der Waals surface area contributed by atoms with Crippen LogP contribution >= 0.6 is 15.9 Å². The second-order valence-corrected chi connectivity index (χ2v) is 6.72. The van der Waals surface area contributed by atoms with E-state index < -0.39 is 10.8 Å². The van der Waals surface area contributed by atoms with Gasteiger partial charge in [-0.25, -0.2) is 0 Å². The molecule has 1 heterocycles. The molecule has 1 aliphatic rings. The maximum absolute atomic E-state index is 11.8. The highest BCUT2D eigenvalue weighted by Crippen LogP contribution is 2.26. The molecule has 0 spiro atoms. The summed E-state index contributed by atoms with van der Waals surface area (Å²) < 4.78 is 12.9. The molecule has 1 aliphatic heterocycles. The van der Waals surface area contributed by atoms with Crippen LogP contribution in [0.4, 0.5) is 0 Å². The Labute approximate surface area is 107 Å². The monoisotopic (exact) mass is 301 g/mol. The zero-order chi connectivity index (χ0) is 11.5. The summed E-state index contributed by atoms with van der Waals surface area (Å²) in [6.45, 7) is 2.16. The molecule has 0 radical (unpaired) electrons. The molecule has 88 valence electrons. The molecule has 0 aliphatic carbocycles. The first-order valence-electron chi connectivity index (χ1n) is 5.52. The van der Waals surface area contributed by atoms with Crippen molar-refractivity contribution in [2.45, 2.75) is 25.4 Å². The Hall–Kier alpha value is -0.190. The predicted molar refractivity (Wildman–Crippen MR) is 72.0 cm³/mol. The molecule has 1 saturated heterocycles. The van der Waals surface area contributed by atoms with Crippen LogP contribution in [0.1, 0.15) is 24.9 Å². The van der Waals surface area contributed by atoms with E-state index in [2.05, 4.69) is 34.2 Å². The summed E-state index contributed by atoms with van der Waals surface area (Å²) in [4.78, 5) is 0. The van der Waals surface area contributed by atoms with Gasteiger partial charge in [0.15, 0.2) is 0 Å². The number of nitrogens with one attached hydrogen (secondary N) is 1. The topological polar surface area (TPSA) is 29.1 Å². The first-order chi connectivity index (χ1) is 7.66. The minimum Gasteiger partial charge on any atom is -0.307 e. The third-order valence-corrected chi connectivity index (χ3v) is 5.02. The summed E-state index contributed by atoms with van der Waals surface area (Å²) in [6, 6.07) is 8.80. The SMILES string of the molecule is CC1CCS(=O)CC(c2ccccc2Br)N1. The van der Waals surface area contributed by atoms with Crippen molar-refractivity contribution in [2.75, 3.05) is 11.5 Å². The molecule has 0 aromatic heterocycles. The third kappa shape index (κ3) is 2.93. The number of halogens is 1. The summed E-state index contributed by atoms with van der Waals surface area (Å²) in [5, 5.41) is 3.54. The lowest BCUT2D eigenvalue weighted by Crippen LogP contribution is -2.30. The lowest BCUT2D eigenvalue weighted by Gasteiger charge is -2.20. The van der Waals surface area contributed by atoms with E-state index in [1.54, 1.807) is 0 Å². The Kier molecular flexibility index (Phi) is 4.16. The summed E-state index contributed by atoms with van der Waals surface area (Å²) in [6.07, 6.45) is 0.994. The largest absolute Gasteiger partial charge is 0.307 e. The Bertz CT molecular complexity index is 396. The molecule has 0 bridgehead atoms. The maximum Gasteiger partial charge on any atom is 0.0450 e. The normalized spacial score (nSPS) is 31.0. The summed E-state index contributed by atoms with van der Waals surface area (Å²) in [5.74, 6) is 1.53. The van der Waals surface area contributed by atoms with E-state index >= 15 is 0 Å². The van der Waals surface area contributed by atoms with E-state index in [9.17, 15) is 4.21 Å². The lowest BCUT2D eigenvalue weighted by atomic mass is 10.1. The van der Waals surface area contributed by atoms with Crippen molar-refractivity contribution in [2.24, 2.45) is 0 Å². The van der Waals surface area contributed by atoms with Crippen molar-refractivity contribution in [1.29, 1.82) is 0 Å². The van der Waals surface area contributed by atoms with Crippen LogP contribution in [0, 0.1) is 0 Å². The van der Waals surface area contributed by atoms with Crippen LogP contribution in [-0.2, 0) is 10.8 Å². The Morgan fingerprint density at radius 1 is 1.44 bits per heavy atom. The predicted octanol–water partition coefficient (Wildman–Crippen LogP) is 2.62. The Morgan fingerprint density at radius 3 is 2.94 bits per heavy atom. The Morgan fingerprint density at radius 2 is 2.19 bits per heavy atom. The number of rotatable bonds is 1. The van der Waals surface area contributed by atoms with E-state index in [1.165, 1.54) is 5.56 Å². The smallest absolute Gasteiger partial charge is 0.0450 e. The second kappa shape index (κ2) is 5.43. The molecule has 4 heteroatoms. The molecule has 0 amide bonds. The van der Waals surface area contributed by atoms with Crippen LogP contribution in [0.3, 0.4) is 0 Å². The van der Waals surface area contributed by atoms with E-state index in [0.29, 0.717) is 11.8 Å². The van der Waals surface area contributed by atoms with Crippen LogP contribution < -0.4 is 5.32 Å². The van der Waals surface area contributed by atoms with Crippen molar-refractivity contribution in [3.8, 4) is 0 Å². The molecule has 0 saturated carbocycles. The van der Waals surface area contributed by atoms with Gasteiger partial charge >= 0.3 is 0 Å². The third-order valence-electron chi connectivity index (χ3n) is 2.90. The van der Waals surface area contributed by atoms with Gasteiger partial charge in [0.1, 0.15) is 0 Å². The molecule has 1 fully saturated rings. The highest BCUT2D eigenvalue weighted by atomic mass is 79.9. The van der Waals surface area contributed by atoms with Crippen molar-refractivity contribution in [1.82, 2.24) is 5.32 Å². The van der Waals surface area contributed by atoms with Gasteiger partial charge in [-0.3, -0.25) is 4.21 Å². The van der Waals surface area contributed by atoms with Gasteiger partial charge in [-0.05, 0) is 25.0 Å². The van der Waals surface area contributed by atoms with Crippen LogP contribution in [0.25, 0.3) is 0 Å². The molecule has 2 nitrogen and oxygen atoms in total. The van der Waals surface area contributed by atoms with Crippen LogP contribution in [-0.4, -0.2) is 21.8 Å². The van der Waals surface area contributed by atoms with Crippen molar-refractivity contribution >= 4 is 26.7 Å². The number of benzene rings is 1.